The Bertz CT molecular complexity index is 233. The van der Waals surface area contributed by atoms with E-state index in [0.717, 1.165) is 19.3 Å². The first-order valence-electron chi connectivity index (χ1n) is 6.46. The summed E-state index contributed by atoms with van der Waals surface area (Å²) < 4.78 is 11.2. The van der Waals surface area contributed by atoms with Crippen LogP contribution in [0.3, 0.4) is 0 Å². The summed E-state index contributed by atoms with van der Waals surface area (Å²) in [5, 5.41) is 0. The first-order chi connectivity index (χ1) is 7.55. The summed E-state index contributed by atoms with van der Waals surface area (Å²) in [6, 6.07) is 0. The molecule has 1 atom stereocenters. The van der Waals surface area contributed by atoms with Gasteiger partial charge in [-0.2, -0.15) is 0 Å². The summed E-state index contributed by atoms with van der Waals surface area (Å²) in [7, 11) is 0. The summed E-state index contributed by atoms with van der Waals surface area (Å²) in [6.07, 6.45) is 2.30. The van der Waals surface area contributed by atoms with E-state index in [4.69, 9.17) is 9.47 Å². The molecular weight excluding hydrogens is 216 g/mol. The molecule has 0 aliphatic carbocycles. The third-order valence-electron chi connectivity index (χ3n) is 1.99. The van der Waals surface area contributed by atoms with E-state index in [1.54, 1.807) is 0 Å². The van der Waals surface area contributed by atoms with Crippen LogP contribution in [-0.2, 0) is 14.3 Å². The standard InChI is InChI=1S/C14H28O3/c1-8-9-10-11(16-13(2,3)4)12(15)17-14(5,6)7/h11H,8-10H2,1-7H3. The van der Waals surface area contributed by atoms with Gasteiger partial charge in [-0.05, 0) is 48.0 Å². The molecule has 0 radical (unpaired) electrons. The molecule has 0 heterocycles. The normalized spacial score (nSPS) is 14.5. The summed E-state index contributed by atoms with van der Waals surface area (Å²) >= 11 is 0. The van der Waals surface area contributed by atoms with Gasteiger partial charge in [-0.25, -0.2) is 4.79 Å². The molecule has 0 bridgehead atoms. The first-order valence-corrected chi connectivity index (χ1v) is 6.46. The second-order valence-electron chi connectivity index (χ2n) is 6.39. The zero-order chi connectivity index (χ0) is 13.7. The predicted octanol–water partition coefficient (Wildman–Crippen LogP) is 3.70. The van der Waals surface area contributed by atoms with Crippen LogP contribution in [0.15, 0.2) is 0 Å². The maximum atomic E-state index is 12.0. The predicted molar refractivity (Wildman–Crippen MR) is 70.0 cm³/mol. The van der Waals surface area contributed by atoms with E-state index in [9.17, 15) is 4.79 Å². The van der Waals surface area contributed by atoms with Crippen molar-refractivity contribution in [2.75, 3.05) is 0 Å². The average Bonchev–Trinajstić information content (AvgIpc) is 2.07. The molecule has 0 aromatic carbocycles. The van der Waals surface area contributed by atoms with Gasteiger partial charge >= 0.3 is 5.97 Å². The van der Waals surface area contributed by atoms with Crippen LogP contribution in [0, 0.1) is 0 Å². The number of carbonyl (C=O) groups excluding carboxylic acids is 1. The Morgan fingerprint density at radius 3 is 1.94 bits per heavy atom. The summed E-state index contributed by atoms with van der Waals surface area (Å²) in [5.41, 5.74) is -0.780. The lowest BCUT2D eigenvalue weighted by Crippen LogP contribution is -2.38. The lowest BCUT2D eigenvalue weighted by Gasteiger charge is -2.29. The summed E-state index contributed by atoms with van der Waals surface area (Å²) in [4.78, 5) is 12.0. The zero-order valence-corrected chi connectivity index (χ0v) is 12.4. The Morgan fingerprint density at radius 2 is 1.59 bits per heavy atom. The van der Waals surface area contributed by atoms with Gasteiger partial charge in [0.05, 0.1) is 5.60 Å². The van der Waals surface area contributed by atoms with Crippen LogP contribution in [0.1, 0.15) is 67.7 Å². The Balaban J connectivity index is 4.51. The number of hydrogen-bond acceptors (Lipinski definition) is 3. The monoisotopic (exact) mass is 244 g/mol. The molecule has 0 saturated heterocycles. The molecule has 0 aliphatic rings. The van der Waals surface area contributed by atoms with E-state index in [2.05, 4.69) is 6.92 Å². The van der Waals surface area contributed by atoms with Gasteiger partial charge in [0.25, 0.3) is 0 Å². The molecule has 0 N–H and O–H groups in total. The van der Waals surface area contributed by atoms with Crippen molar-refractivity contribution in [1.82, 2.24) is 0 Å². The molecule has 1 unspecified atom stereocenters. The van der Waals surface area contributed by atoms with Crippen LogP contribution in [0.4, 0.5) is 0 Å². The van der Waals surface area contributed by atoms with E-state index in [-0.39, 0.29) is 11.6 Å². The molecule has 0 spiro atoms. The summed E-state index contributed by atoms with van der Waals surface area (Å²) in [5.74, 6) is -0.249. The van der Waals surface area contributed by atoms with Crippen molar-refractivity contribution in [3.05, 3.63) is 0 Å². The van der Waals surface area contributed by atoms with Gasteiger partial charge in [0.15, 0.2) is 6.10 Å². The fourth-order valence-electron chi connectivity index (χ4n) is 1.41. The maximum Gasteiger partial charge on any atom is 0.335 e. The minimum atomic E-state index is -0.456. The average molecular weight is 244 g/mol. The van der Waals surface area contributed by atoms with Crippen molar-refractivity contribution in [1.29, 1.82) is 0 Å². The minimum absolute atomic E-state index is 0.249. The number of rotatable bonds is 5. The van der Waals surface area contributed by atoms with Gasteiger partial charge in [-0.15, -0.1) is 0 Å². The van der Waals surface area contributed by atoms with E-state index < -0.39 is 11.7 Å². The van der Waals surface area contributed by atoms with Crippen molar-refractivity contribution in [3.8, 4) is 0 Å². The molecule has 3 heteroatoms. The van der Waals surface area contributed by atoms with Crippen LogP contribution in [-0.4, -0.2) is 23.3 Å². The second kappa shape index (κ2) is 6.39. The van der Waals surface area contributed by atoms with Crippen molar-refractivity contribution < 1.29 is 14.3 Å². The van der Waals surface area contributed by atoms with Gasteiger partial charge in [-0.1, -0.05) is 19.8 Å². The molecule has 3 nitrogen and oxygen atoms in total. The second-order valence-corrected chi connectivity index (χ2v) is 6.39. The highest BCUT2D eigenvalue weighted by atomic mass is 16.6. The van der Waals surface area contributed by atoms with Crippen molar-refractivity contribution in [2.24, 2.45) is 0 Å². The molecule has 0 aliphatic heterocycles. The lowest BCUT2D eigenvalue weighted by atomic mass is 10.1. The number of esters is 1. The van der Waals surface area contributed by atoms with E-state index in [1.807, 2.05) is 41.5 Å². The fraction of sp³-hybridized carbons (Fsp3) is 0.929. The zero-order valence-electron chi connectivity index (χ0n) is 12.4. The third-order valence-corrected chi connectivity index (χ3v) is 1.99. The van der Waals surface area contributed by atoms with Gasteiger partial charge in [-0.3, -0.25) is 0 Å². The van der Waals surface area contributed by atoms with Gasteiger partial charge < -0.3 is 9.47 Å². The fourth-order valence-corrected chi connectivity index (χ4v) is 1.41. The molecular formula is C14H28O3. The molecule has 0 aromatic heterocycles. The van der Waals surface area contributed by atoms with Gasteiger partial charge in [0.1, 0.15) is 5.60 Å². The molecule has 0 rings (SSSR count). The topological polar surface area (TPSA) is 35.5 Å². The summed E-state index contributed by atoms with van der Waals surface area (Å²) in [6.45, 7) is 13.6. The molecule has 102 valence electrons. The SMILES string of the molecule is CCCCC(OC(C)(C)C)C(=O)OC(C)(C)C. The molecule has 0 saturated carbocycles. The highest BCUT2D eigenvalue weighted by molar-refractivity contribution is 5.75. The quantitative estimate of drug-likeness (QED) is 0.692. The van der Waals surface area contributed by atoms with E-state index in [1.165, 1.54) is 0 Å². The Kier molecular flexibility index (Phi) is 6.17. The van der Waals surface area contributed by atoms with Gasteiger partial charge in [0, 0.05) is 0 Å². The van der Waals surface area contributed by atoms with Crippen LogP contribution in [0.25, 0.3) is 0 Å². The van der Waals surface area contributed by atoms with Crippen molar-refractivity contribution in [2.45, 2.75) is 85.0 Å². The van der Waals surface area contributed by atoms with E-state index >= 15 is 0 Å². The highest BCUT2D eigenvalue weighted by Crippen LogP contribution is 2.19. The number of carbonyl (C=O) groups is 1. The molecule has 0 amide bonds. The third kappa shape index (κ3) is 9.16. The van der Waals surface area contributed by atoms with Crippen molar-refractivity contribution in [3.63, 3.8) is 0 Å². The highest BCUT2D eigenvalue weighted by Gasteiger charge is 2.29. The number of hydrogen-bond donors (Lipinski definition) is 0. The largest absolute Gasteiger partial charge is 0.458 e. The number of ether oxygens (including phenoxy) is 2. The van der Waals surface area contributed by atoms with E-state index in [0.29, 0.717) is 0 Å². The lowest BCUT2D eigenvalue weighted by molar-refractivity contribution is -0.178. The molecule has 0 aromatic rings. The Hall–Kier alpha value is -0.570. The van der Waals surface area contributed by atoms with Gasteiger partial charge in [0.2, 0.25) is 0 Å². The molecule has 17 heavy (non-hydrogen) atoms. The minimum Gasteiger partial charge on any atom is -0.458 e. The number of unbranched alkanes of at least 4 members (excludes halogenated alkanes) is 1. The van der Waals surface area contributed by atoms with Crippen LogP contribution >= 0.6 is 0 Å². The Morgan fingerprint density at radius 1 is 1.06 bits per heavy atom. The van der Waals surface area contributed by atoms with Crippen LogP contribution in [0.5, 0.6) is 0 Å². The molecule has 0 fully saturated rings. The van der Waals surface area contributed by atoms with Crippen LogP contribution < -0.4 is 0 Å². The smallest absolute Gasteiger partial charge is 0.335 e. The van der Waals surface area contributed by atoms with Crippen molar-refractivity contribution >= 4 is 5.97 Å². The maximum absolute atomic E-state index is 12.0. The Labute approximate surface area is 106 Å². The van der Waals surface area contributed by atoms with Crippen LogP contribution in [0.2, 0.25) is 0 Å². The first kappa shape index (κ1) is 16.4.